The van der Waals surface area contributed by atoms with Crippen molar-refractivity contribution in [3.63, 3.8) is 0 Å². The first-order valence-electron chi connectivity index (χ1n) is 8.51. The van der Waals surface area contributed by atoms with E-state index < -0.39 is 10.0 Å². The summed E-state index contributed by atoms with van der Waals surface area (Å²) in [4.78, 5) is 12.8. The Morgan fingerprint density at radius 3 is 2.67 bits per heavy atom. The minimum Gasteiger partial charge on any atom is -0.349 e. The van der Waals surface area contributed by atoms with Crippen molar-refractivity contribution in [1.82, 2.24) is 15.4 Å². The van der Waals surface area contributed by atoms with Crippen LogP contribution in [0.2, 0.25) is 0 Å². The van der Waals surface area contributed by atoms with E-state index in [9.17, 15) is 13.2 Å². The summed E-state index contributed by atoms with van der Waals surface area (Å²) >= 11 is 0. The Kier molecular flexibility index (Phi) is 4.94. The van der Waals surface area contributed by atoms with Gasteiger partial charge in [0.2, 0.25) is 10.0 Å². The first-order chi connectivity index (χ1) is 11.4. The van der Waals surface area contributed by atoms with Crippen molar-refractivity contribution in [2.24, 2.45) is 5.92 Å². The number of carbonyl (C=O) groups excluding carboxylic acids is 1. The molecule has 132 valence electrons. The normalized spacial score (nSPS) is 24.6. The van der Waals surface area contributed by atoms with Gasteiger partial charge in [-0.1, -0.05) is 13.0 Å². The Morgan fingerprint density at radius 1 is 1.25 bits per heavy atom. The summed E-state index contributed by atoms with van der Waals surface area (Å²) in [5.41, 5.74) is 1.21. The average molecular weight is 351 g/mol. The third-order valence-electron chi connectivity index (χ3n) is 4.76. The number of sulfonamides is 1. The Balaban J connectivity index is 1.79. The van der Waals surface area contributed by atoms with E-state index in [1.165, 1.54) is 6.07 Å². The van der Waals surface area contributed by atoms with Crippen molar-refractivity contribution in [2.75, 3.05) is 13.1 Å². The fourth-order valence-electron chi connectivity index (χ4n) is 2.98. The number of aryl methyl sites for hydroxylation is 1. The molecule has 2 unspecified atom stereocenters. The molecule has 1 saturated carbocycles. The Hall–Kier alpha value is -1.44. The number of hydrogen-bond donors (Lipinski definition) is 3. The number of hydrogen-bond acceptors (Lipinski definition) is 4. The molecule has 1 aromatic rings. The molecule has 24 heavy (non-hydrogen) atoms. The molecule has 1 amide bonds. The van der Waals surface area contributed by atoms with E-state index in [2.05, 4.69) is 22.3 Å². The average Bonchev–Trinajstić information content (AvgIpc) is 3.33. The summed E-state index contributed by atoms with van der Waals surface area (Å²) < 4.78 is 27.4. The van der Waals surface area contributed by atoms with Gasteiger partial charge in [0.25, 0.3) is 5.91 Å². The van der Waals surface area contributed by atoms with Crippen LogP contribution >= 0.6 is 0 Å². The van der Waals surface area contributed by atoms with Gasteiger partial charge in [-0.2, -0.15) is 0 Å². The molecule has 1 aromatic carbocycles. The molecule has 0 spiro atoms. The zero-order valence-electron chi connectivity index (χ0n) is 14.1. The molecule has 1 aliphatic heterocycles. The van der Waals surface area contributed by atoms with E-state index in [-0.39, 0.29) is 22.9 Å². The summed E-state index contributed by atoms with van der Waals surface area (Å²) in [6.07, 6.45) is 2.64. The summed E-state index contributed by atoms with van der Waals surface area (Å²) in [7, 11) is -3.55. The first kappa shape index (κ1) is 17.4. The van der Waals surface area contributed by atoms with Crippen LogP contribution in [0.4, 0.5) is 0 Å². The SMILES string of the molecule is Cc1ccc(S(=O)(=O)NC2CC2)cc1C(=O)NC1CCNCC1C. The maximum atomic E-state index is 12.6. The smallest absolute Gasteiger partial charge is 0.251 e. The number of rotatable bonds is 5. The summed E-state index contributed by atoms with van der Waals surface area (Å²) in [6, 6.07) is 4.90. The zero-order chi connectivity index (χ0) is 17.3. The number of piperidine rings is 1. The van der Waals surface area contributed by atoms with Gasteiger partial charge in [-0.15, -0.1) is 0 Å². The molecule has 0 aromatic heterocycles. The highest BCUT2D eigenvalue weighted by Gasteiger charge is 2.29. The van der Waals surface area contributed by atoms with Crippen LogP contribution < -0.4 is 15.4 Å². The quantitative estimate of drug-likeness (QED) is 0.743. The van der Waals surface area contributed by atoms with Crippen molar-refractivity contribution in [2.45, 2.75) is 50.1 Å². The molecule has 1 saturated heterocycles. The molecule has 1 aliphatic carbocycles. The molecule has 7 heteroatoms. The summed E-state index contributed by atoms with van der Waals surface area (Å²) in [5.74, 6) is 0.154. The van der Waals surface area contributed by atoms with Crippen LogP contribution in [0.5, 0.6) is 0 Å². The zero-order valence-corrected chi connectivity index (χ0v) is 14.9. The molecule has 3 rings (SSSR count). The van der Waals surface area contributed by atoms with Crippen molar-refractivity contribution in [3.05, 3.63) is 29.3 Å². The third kappa shape index (κ3) is 3.96. The number of carbonyl (C=O) groups is 1. The Labute approximate surface area is 143 Å². The van der Waals surface area contributed by atoms with Crippen LogP contribution in [0, 0.1) is 12.8 Å². The number of benzene rings is 1. The van der Waals surface area contributed by atoms with E-state index in [4.69, 9.17) is 0 Å². The van der Waals surface area contributed by atoms with Crippen LogP contribution in [-0.4, -0.2) is 39.5 Å². The lowest BCUT2D eigenvalue weighted by Crippen LogP contribution is -2.48. The minimum atomic E-state index is -3.55. The molecule has 0 bridgehead atoms. The number of nitrogens with one attached hydrogen (secondary N) is 3. The van der Waals surface area contributed by atoms with Crippen molar-refractivity contribution in [1.29, 1.82) is 0 Å². The van der Waals surface area contributed by atoms with Crippen LogP contribution in [0.1, 0.15) is 42.1 Å². The maximum absolute atomic E-state index is 12.6. The van der Waals surface area contributed by atoms with Crippen LogP contribution in [-0.2, 0) is 10.0 Å². The van der Waals surface area contributed by atoms with Gasteiger partial charge in [0.15, 0.2) is 0 Å². The maximum Gasteiger partial charge on any atom is 0.251 e. The molecule has 1 heterocycles. The second kappa shape index (κ2) is 6.82. The van der Waals surface area contributed by atoms with Crippen LogP contribution in [0.25, 0.3) is 0 Å². The van der Waals surface area contributed by atoms with Gasteiger partial charge in [-0.05, 0) is 62.9 Å². The van der Waals surface area contributed by atoms with E-state index in [1.54, 1.807) is 12.1 Å². The molecule has 2 fully saturated rings. The Bertz CT molecular complexity index is 729. The van der Waals surface area contributed by atoms with Crippen molar-refractivity contribution < 1.29 is 13.2 Å². The van der Waals surface area contributed by atoms with Gasteiger partial charge in [0, 0.05) is 17.6 Å². The van der Waals surface area contributed by atoms with Crippen LogP contribution in [0.3, 0.4) is 0 Å². The molecular formula is C17H25N3O3S. The summed E-state index contributed by atoms with van der Waals surface area (Å²) in [5, 5.41) is 6.37. The van der Waals surface area contributed by atoms with Crippen molar-refractivity contribution in [3.8, 4) is 0 Å². The Morgan fingerprint density at radius 2 is 2.00 bits per heavy atom. The minimum absolute atomic E-state index is 0.0455. The predicted molar refractivity (Wildman–Crippen MR) is 92.4 cm³/mol. The number of amides is 1. The molecule has 6 nitrogen and oxygen atoms in total. The van der Waals surface area contributed by atoms with E-state index in [0.29, 0.717) is 11.5 Å². The lowest BCUT2D eigenvalue weighted by atomic mass is 9.95. The second-order valence-corrected chi connectivity index (χ2v) is 8.64. The molecular weight excluding hydrogens is 326 g/mol. The fourth-order valence-corrected chi connectivity index (χ4v) is 4.31. The lowest BCUT2D eigenvalue weighted by molar-refractivity contribution is 0.0913. The van der Waals surface area contributed by atoms with Gasteiger partial charge in [0.05, 0.1) is 4.90 Å². The molecule has 0 radical (unpaired) electrons. The molecule has 2 aliphatic rings. The molecule has 2 atom stereocenters. The lowest BCUT2D eigenvalue weighted by Gasteiger charge is -2.30. The monoisotopic (exact) mass is 351 g/mol. The van der Waals surface area contributed by atoms with E-state index in [1.807, 2.05) is 6.92 Å². The van der Waals surface area contributed by atoms with Gasteiger partial charge < -0.3 is 10.6 Å². The molecule has 3 N–H and O–H groups in total. The highest BCUT2D eigenvalue weighted by molar-refractivity contribution is 7.89. The van der Waals surface area contributed by atoms with Gasteiger partial charge in [0.1, 0.15) is 0 Å². The second-order valence-electron chi connectivity index (χ2n) is 6.92. The topological polar surface area (TPSA) is 87.3 Å². The van der Waals surface area contributed by atoms with Gasteiger partial charge in [-0.25, -0.2) is 13.1 Å². The largest absolute Gasteiger partial charge is 0.349 e. The first-order valence-corrected chi connectivity index (χ1v) is 10.00. The van der Waals surface area contributed by atoms with Gasteiger partial charge >= 0.3 is 0 Å². The summed E-state index contributed by atoms with van der Waals surface area (Å²) in [6.45, 7) is 5.69. The third-order valence-corrected chi connectivity index (χ3v) is 6.28. The van der Waals surface area contributed by atoms with Gasteiger partial charge in [-0.3, -0.25) is 4.79 Å². The standard InChI is InChI=1S/C17H25N3O3S/c1-11-3-6-14(24(22,23)20-13-4-5-13)9-15(11)17(21)19-16-7-8-18-10-12(16)2/h3,6,9,12-13,16,18,20H,4-5,7-8,10H2,1-2H3,(H,19,21). The fraction of sp³-hybridized carbons (Fsp3) is 0.588. The van der Waals surface area contributed by atoms with E-state index in [0.717, 1.165) is 37.9 Å². The highest BCUT2D eigenvalue weighted by Crippen LogP contribution is 2.23. The highest BCUT2D eigenvalue weighted by atomic mass is 32.2. The van der Waals surface area contributed by atoms with E-state index >= 15 is 0 Å². The van der Waals surface area contributed by atoms with Crippen LogP contribution in [0.15, 0.2) is 23.1 Å². The van der Waals surface area contributed by atoms with Crippen molar-refractivity contribution >= 4 is 15.9 Å². The predicted octanol–water partition coefficient (Wildman–Crippen LogP) is 1.16.